The van der Waals surface area contributed by atoms with E-state index in [1.165, 1.54) is 19.5 Å². The van der Waals surface area contributed by atoms with E-state index < -0.39 is 0 Å². The molecule has 2 nitrogen and oxygen atoms in total. The molecule has 0 aromatic rings. The molecular formula is C9H16N2. The van der Waals surface area contributed by atoms with E-state index in [0.29, 0.717) is 0 Å². The monoisotopic (exact) mass is 152 g/mol. The lowest BCUT2D eigenvalue weighted by molar-refractivity contribution is 0.278. The van der Waals surface area contributed by atoms with Crippen LogP contribution in [0, 0.1) is 5.92 Å². The number of hydrogen-bond acceptors (Lipinski definition) is 2. The van der Waals surface area contributed by atoms with Gasteiger partial charge in [0, 0.05) is 12.6 Å². The first-order chi connectivity index (χ1) is 5.40. The summed E-state index contributed by atoms with van der Waals surface area (Å²) in [5.41, 5.74) is 5.46. The van der Waals surface area contributed by atoms with Crippen LogP contribution in [0.4, 0.5) is 0 Å². The zero-order chi connectivity index (χ0) is 7.68. The van der Waals surface area contributed by atoms with Gasteiger partial charge in [0.25, 0.3) is 0 Å². The maximum absolute atomic E-state index is 5.46. The molecular weight excluding hydrogens is 136 g/mol. The summed E-state index contributed by atoms with van der Waals surface area (Å²) in [5.74, 6) is 0.859. The van der Waals surface area contributed by atoms with Crippen molar-refractivity contribution >= 4 is 0 Å². The number of fused-ring (bicyclic) bond motifs is 2. The maximum atomic E-state index is 5.46. The van der Waals surface area contributed by atoms with Gasteiger partial charge in [-0.2, -0.15) is 0 Å². The van der Waals surface area contributed by atoms with Gasteiger partial charge in [0.15, 0.2) is 0 Å². The van der Waals surface area contributed by atoms with Crippen molar-refractivity contribution in [1.82, 2.24) is 4.90 Å². The van der Waals surface area contributed by atoms with Crippen LogP contribution in [0.15, 0.2) is 12.2 Å². The summed E-state index contributed by atoms with van der Waals surface area (Å²) in [6.07, 6.45) is 7.23. The predicted octanol–water partition coefficient (Wildman–Crippen LogP) is 0.595. The van der Waals surface area contributed by atoms with Crippen molar-refractivity contribution in [3.63, 3.8) is 0 Å². The molecule has 62 valence electrons. The third kappa shape index (κ3) is 1.33. The van der Waals surface area contributed by atoms with Crippen LogP contribution in [0.3, 0.4) is 0 Å². The quantitative estimate of drug-likeness (QED) is 0.600. The summed E-state index contributed by atoms with van der Waals surface area (Å²) in [6.45, 7) is 3.31. The highest BCUT2D eigenvalue weighted by atomic mass is 15.2. The molecule has 0 spiro atoms. The van der Waals surface area contributed by atoms with Gasteiger partial charge < -0.3 is 5.73 Å². The first-order valence-electron chi connectivity index (χ1n) is 4.52. The Morgan fingerprint density at radius 1 is 1.45 bits per heavy atom. The van der Waals surface area contributed by atoms with Crippen LogP contribution in [0.5, 0.6) is 0 Å². The Kier molecular flexibility index (Phi) is 1.96. The van der Waals surface area contributed by atoms with E-state index in [0.717, 1.165) is 24.9 Å². The van der Waals surface area contributed by atoms with Crippen molar-refractivity contribution in [3.8, 4) is 0 Å². The minimum atomic E-state index is 0.756. The highest BCUT2D eigenvalue weighted by Crippen LogP contribution is 2.30. The molecule has 0 aromatic carbocycles. The van der Waals surface area contributed by atoms with E-state index in [2.05, 4.69) is 17.1 Å². The summed E-state index contributed by atoms with van der Waals surface area (Å²) >= 11 is 0. The van der Waals surface area contributed by atoms with Crippen LogP contribution in [-0.2, 0) is 0 Å². The Morgan fingerprint density at radius 2 is 2.36 bits per heavy atom. The number of hydrogen-bond donors (Lipinski definition) is 1. The second-order valence-corrected chi connectivity index (χ2v) is 3.59. The third-order valence-electron chi connectivity index (χ3n) is 2.74. The van der Waals surface area contributed by atoms with Crippen molar-refractivity contribution in [2.45, 2.75) is 18.9 Å². The Hall–Kier alpha value is -0.340. The molecule has 2 N–H and O–H groups in total. The molecule has 1 heterocycles. The zero-order valence-electron chi connectivity index (χ0n) is 6.87. The molecule has 0 amide bonds. The van der Waals surface area contributed by atoms with Gasteiger partial charge >= 0.3 is 0 Å². The van der Waals surface area contributed by atoms with E-state index in [1.807, 2.05) is 0 Å². The normalized spacial score (nSPS) is 35.4. The molecule has 2 bridgehead atoms. The predicted molar refractivity (Wildman–Crippen MR) is 46.3 cm³/mol. The van der Waals surface area contributed by atoms with E-state index in [9.17, 15) is 0 Å². The van der Waals surface area contributed by atoms with Crippen LogP contribution in [0.25, 0.3) is 0 Å². The summed E-state index contributed by atoms with van der Waals surface area (Å²) < 4.78 is 0. The van der Waals surface area contributed by atoms with Crippen molar-refractivity contribution < 1.29 is 0 Å². The van der Waals surface area contributed by atoms with Gasteiger partial charge in [0.1, 0.15) is 0 Å². The lowest BCUT2D eigenvalue weighted by atomic mass is 10.2. The van der Waals surface area contributed by atoms with Crippen molar-refractivity contribution in [2.75, 3.05) is 19.6 Å². The summed E-state index contributed by atoms with van der Waals surface area (Å²) in [4.78, 5) is 2.55. The fourth-order valence-electron chi connectivity index (χ4n) is 2.15. The number of nitrogens with two attached hydrogens (primary N) is 1. The SMILES string of the molecule is NCCCN1CC2C=CC1C2. The molecule has 2 aliphatic rings. The smallest absolute Gasteiger partial charge is 0.0284 e. The second-order valence-electron chi connectivity index (χ2n) is 3.59. The van der Waals surface area contributed by atoms with Gasteiger partial charge in [0.05, 0.1) is 0 Å². The molecule has 1 aliphatic carbocycles. The number of rotatable bonds is 3. The highest BCUT2D eigenvalue weighted by molar-refractivity contribution is 5.12. The van der Waals surface area contributed by atoms with E-state index in [-0.39, 0.29) is 0 Å². The van der Waals surface area contributed by atoms with Gasteiger partial charge in [-0.05, 0) is 31.8 Å². The topological polar surface area (TPSA) is 29.3 Å². The molecule has 0 aromatic heterocycles. The molecule has 1 aliphatic heterocycles. The third-order valence-corrected chi connectivity index (χ3v) is 2.74. The zero-order valence-corrected chi connectivity index (χ0v) is 6.87. The van der Waals surface area contributed by atoms with Crippen molar-refractivity contribution in [3.05, 3.63) is 12.2 Å². The Balaban J connectivity index is 1.84. The van der Waals surface area contributed by atoms with Gasteiger partial charge in [0.2, 0.25) is 0 Å². The van der Waals surface area contributed by atoms with Crippen LogP contribution >= 0.6 is 0 Å². The first kappa shape index (κ1) is 7.32. The van der Waals surface area contributed by atoms with Crippen molar-refractivity contribution in [2.24, 2.45) is 11.7 Å². The average molecular weight is 152 g/mol. The molecule has 2 atom stereocenters. The highest BCUT2D eigenvalue weighted by Gasteiger charge is 2.32. The van der Waals surface area contributed by atoms with Gasteiger partial charge in [-0.1, -0.05) is 12.2 Å². The van der Waals surface area contributed by atoms with E-state index >= 15 is 0 Å². The van der Waals surface area contributed by atoms with Gasteiger partial charge in [-0.15, -0.1) is 0 Å². The number of nitrogens with zero attached hydrogens (tertiary/aromatic N) is 1. The molecule has 1 saturated heterocycles. The minimum absolute atomic E-state index is 0.756. The molecule has 2 rings (SSSR count). The molecule has 11 heavy (non-hydrogen) atoms. The van der Waals surface area contributed by atoms with Crippen LogP contribution < -0.4 is 5.73 Å². The fraction of sp³-hybridized carbons (Fsp3) is 0.778. The van der Waals surface area contributed by atoms with Gasteiger partial charge in [-0.25, -0.2) is 0 Å². The molecule has 0 saturated carbocycles. The Morgan fingerprint density at radius 3 is 2.91 bits per heavy atom. The summed E-state index contributed by atoms with van der Waals surface area (Å²) in [7, 11) is 0. The Labute approximate surface area is 68.1 Å². The Bertz CT molecular complexity index is 165. The molecule has 1 fully saturated rings. The maximum Gasteiger partial charge on any atom is 0.0284 e. The van der Waals surface area contributed by atoms with Crippen LogP contribution in [0.2, 0.25) is 0 Å². The lowest BCUT2D eigenvalue weighted by Gasteiger charge is -2.22. The summed E-state index contributed by atoms with van der Waals surface area (Å²) in [6, 6.07) is 0.756. The van der Waals surface area contributed by atoms with Crippen LogP contribution in [0.1, 0.15) is 12.8 Å². The minimum Gasteiger partial charge on any atom is -0.330 e. The molecule has 2 heteroatoms. The van der Waals surface area contributed by atoms with E-state index in [4.69, 9.17) is 5.73 Å². The van der Waals surface area contributed by atoms with E-state index in [1.54, 1.807) is 0 Å². The summed E-state index contributed by atoms with van der Waals surface area (Å²) in [5, 5.41) is 0. The van der Waals surface area contributed by atoms with Crippen molar-refractivity contribution in [1.29, 1.82) is 0 Å². The largest absolute Gasteiger partial charge is 0.330 e. The first-order valence-corrected chi connectivity index (χ1v) is 4.52. The van der Waals surface area contributed by atoms with Gasteiger partial charge in [-0.3, -0.25) is 4.90 Å². The molecule has 2 unspecified atom stereocenters. The number of likely N-dealkylation sites (tertiary alicyclic amines) is 1. The standard InChI is InChI=1S/C9H16N2/c10-4-1-5-11-7-8-2-3-9(11)6-8/h2-3,8-9H,1,4-7,10H2. The van der Waals surface area contributed by atoms with Crippen LogP contribution in [-0.4, -0.2) is 30.6 Å². The average Bonchev–Trinajstić information content (AvgIpc) is 2.60. The molecule has 0 radical (unpaired) electrons. The fourth-order valence-corrected chi connectivity index (χ4v) is 2.15. The lowest BCUT2D eigenvalue weighted by Crippen LogP contribution is -2.31. The second kappa shape index (κ2) is 2.95.